The topological polar surface area (TPSA) is 75.6 Å². The van der Waals surface area contributed by atoms with Crippen LogP contribution < -0.4 is 10.6 Å². The minimum Gasteiger partial charge on any atom is -0.423 e. The maximum atomic E-state index is 11.5. The van der Waals surface area contributed by atoms with Crippen molar-refractivity contribution in [1.82, 2.24) is 9.88 Å². The molecule has 112 valence electrons. The van der Waals surface area contributed by atoms with E-state index in [2.05, 4.69) is 21.8 Å². The number of carbonyl (C=O) groups is 1. The lowest BCUT2D eigenvalue weighted by atomic mass is 10.1. The number of amides is 1. The number of aromatic nitrogens is 1. The van der Waals surface area contributed by atoms with Gasteiger partial charge < -0.3 is 20.0 Å². The average Bonchev–Trinajstić information content (AvgIpc) is 2.89. The quantitative estimate of drug-likeness (QED) is 0.925. The van der Waals surface area contributed by atoms with Crippen molar-refractivity contribution < 1.29 is 9.21 Å². The van der Waals surface area contributed by atoms with Crippen LogP contribution >= 0.6 is 0 Å². The highest BCUT2D eigenvalue weighted by molar-refractivity contribution is 6.03. The molecule has 6 heteroatoms. The van der Waals surface area contributed by atoms with Gasteiger partial charge in [0.1, 0.15) is 5.52 Å². The number of fused-ring (bicyclic) bond motifs is 1. The van der Waals surface area contributed by atoms with Gasteiger partial charge in [-0.3, -0.25) is 4.79 Å². The predicted molar refractivity (Wildman–Crippen MR) is 81.4 cm³/mol. The van der Waals surface area contributed by atoms with Gasteiger partial charge in [0.25, 0.3) is 11.9 Å². The van der Waals surface area contributed by atoms with E-state index < -0.39 is 5.91 Å². The highest BCUT2D eigenvalue weighted by Gasteiger charge is 2.25. The van der Waals surface area contributed by atoms with Gasteiger partial charge in [-0.1, -0.05) is 6.07 Å². The molecule has 2 aromatic rings. The normalized spacial score (nSPS) is 19.8. The maximum Gasteiger partial charge on any atom is 0.298 e. The van der Waals surface area contributed by atoms with Gasteiger partial charge in [0.05, 0.1) is 5.56 Å². The van der Waals surface area contributed by atoms with Crippen LogP contribution in [-0.2, 0) is 0 Å². The highest BCUT2D eigenvalue weighted by atomic mass is 16.4. The third kappa shape index (κ3) is 2.58. The Labute approximate surface area is 123 Å². The van der Waals surface area contributed by atoms with Crippen LogP contribution in [0.3, 0.4) is 0 Å². The number of carbonyl (C=O) groups excluding carboxylic acids is 1. The molecule has 1 unspecified atom stereocenters. The zero-order chi connectivity index (χ0) is 15.0. The Balaban J connectivity index is 1.93. The van der Waals surface area contributed by atoms with Gasteiger partial charge in [-0.2, -0.15) is 4.98 Å². The van der Waals surface area contributed by atoms with Crippen molar-refractivity contribution in [2.45, 2.75) is 18.9 Å². The number of hydrogen-bond acceptors (Lipinski definition) is 5. The molecular formula is C15H20N4O2. The molecule has 0 aliphatic carbocycles. The lowest BCUT2D eigenvalue weighted by molar-refractivity contribution is 0.100. The number of para-hydroxylation sites is 1. The van der Waals surface area contributed by atoms with Crippen LogP contribution in [0.1, 0.15) is 23.2 Å². The molecule has 1 aliphatic heterocycles. The molecule has 6 nitrogen and oxygen atoms in total. The molecule has 1 fully saturated rings. The molecule has 1 atom stereocenters. The van der Waals surface area contributed by atoms with Crippen molar-refractivity contribution >= 4 is 23.0 Å². The van der Waals surface area contributed by atoms with Crippen LogP contribution in [0.4, 0.5) is 6.01 Å². The van der Waals surface area contributed by atoms with Crippen molar-refractivity contribution in [1.29, 1.82) is 0 Å². The number of likely N-dealkylation sites (N-methyl/N-ethyl adjacent to an activating group) is 2. The van der Waals surface area contributed by atoms with Crippen molar-refractivity contribution in [3.05, 3.63) is 23.8 Å². The van der Waals surface area contributed by atoms with Crippen LogP contribution in [0, 0.1) is 0 Å². The molecule has 1 aliphatic rings. The Hall–Kier alpha value is -2.08. The number of anilines is 1. The largest absolute Gasteiger partial charge is 0.423 e. The number of likely N-dealkylation sites (tertiary alicyclic amines) is 1. The molecule has 21 heavy (non-hydrogen) atoms. The number of rotatable bonds is 3. The van der Waals surface area contributed by atoms with Gasteiger partial charge >= 0.3 is 0 Å². The fraction of sp³-hybridized carbons (Fsp3) is 0.467. The first-order valence-corrected chi connectivity index (χ1v) is 7.17. The minimum absolute atomic E-state index is 0.369. The molecule has 0 saturated carbocycles. The molecule has 3 rings (SSSR count). The van der Waals surface area contributed by atoms with Crippen molar-refractivity contribution in [3.8, 4) is 0 Å². The first-order chi connectivity index (χ1) is 10.1. The van der Waals surface area contributed by atoms with Crippen molar-refractivity contribution in [3.63, 3.8) is 0 Å². The average molecular weight is 288 g/mol. The van der Waals surface area contributed by atoms with Crippen LogP contribution in [0.15, 0.2) is 22.6 Å². The second-order valence-corrected chi connectivity index (χ2v) is 5.68. The second kappa shape index (κ2) is 5.37. The standard InChI is InChI=1S/C15H20N4O2/c1-18-8-4-5-10(9-18)19(2)15-17-13-11(14(16)20)6-3-7-12(13)21-15/h3,6-7,10H,4-5,8-9H2,1-2H3,(H2,16,20). The summed E-state index contributed by atoms with van der Waals surface area (Å²) in [5.74, 6) is -0.486. The zero-order valence-electron chi connectivity index (χ0n) is 12.4. The number of nitrogens with zero attached hydrogens (tertiary/aromatic N) is 3. The molecule has 2 N–H and O–H groups in total. The van der Waals surface area contributed by atoms with E-state index in [1.54, 1.807) is 18.2 Å². The molecule has 2 heterocycles. The predicted octanol–water partition coefficient (Wildman–Crippen LogP) is 1.46. The summed E-state index contributed by atoms with van der Waals surface area (Å²) in [6, 6.07) is 6.14. The molecule has 0 bridgehead atoms. The number of piperidine rings is 1. The number of primary amides is 1. The molecule has 0 radical (unpaired) electrons. The SMILES string of the molecule is CN1CCCC(N(C)c2nc3c(C(N)=O)cccc3o2)C1. The van der Waals surface area contributed by atoms with Crippen LogP contribution in [0.25, 0.3) is 11.1 Å². The van der Waals surface area contributed by atoms with Crippen molar-refractivity contribution in [2.24, 2.45) is 5.73 Å². The van der Waals surface area contributed by atoms with E-state index in [1.165, 1.54) is 0 Å². The van der Waals surface area contributed by atoms with E-state index in [0.29, 0.717) is 28.7 Å². The van der Waals surface area contributed by atoms with Crippen LogP contribution in [-0.4, -0.2) is 49.0 Å². The minimum atomic E-state index is -0.486. The summed E-state index contributed by atoms with van der Waals surface area (Å²) in [5.41, 5.74) is 6.92. The fourth-order valence-corrected chi connectivity index (χ4v) is 2.90. The summed E-state index contributed by atoms with van der Waals surface area (Å²) >= 11 is 0. The molecule has 1 saturated heterocycles. The number of benzene rings is 1. The van der Waals surface area contributed by atoms with Gasteiger partial charge in [0.2, 0.25) is 0 Å². The van der Waals surface area contributed by atoms with Crippen LogP contribution in [0.2, 0.25) is 0 Å². The summed E-state index contributed by atoms with van der Waals surface area (Å²) in [4.78, 5) is 20.3. The Kier molecular flexibility index (Phi) is 3.55. The van der Waals surface area contributed by atoms with Crippen LogP contribution in [0.5, 0.6) is 0 Å². The number of oxazole rings is 1. The lowest BCUT2D eigenvalue weighted by Crippen LogP contribution is -2.45. The summed E-state index contributed by atoms with van der Waals surface area (Å²) in [5, 5.41) is 0. The summed E-state index contributed by atoms with van der Waals surface area (Å²) in [6.45, 7) is 2.11. The Morgan fingerprint density at radius 1 is 1.52 bits per heavy atom. The van der Waals surface area contributed by atoms with Gasteiger partial charge in [-0.25, -0.2) is 0 Å². The first kappa shape index (κ1) is 13.9. The molecule has 1 aromatic carbocycles. The lowest BCUT2D eigenvalue weighted by Gasteiger charge is -2.34. The van der Waals surface area contributed by atoms with E-state index in [-0.39, 0.29) is 0 Å². The maximum absolute atomic E-state index is 11.5. The molecule has 0 spiro atoms. The Bertz CT molecular complexity index is 667. The number of nitrogens with two attached hydrogens (primary N) is 1. The van der Waals surface area contributed by atoms with E-state index in [0.717, 1.165) is 25.9 Å². The smallest absolute Gasteiger partial charge is 0.298 e. The van der Waals surface area contributed by atoms with Gasteiger partial charge in [0, 0.05) is 19.6 Å². The molecule has 1 aromatic heterocycles. The van der Waals surface area contributed by atoms with Gasteiger partial charge in [0.15, 0.2) is 5.58 Å². The third-order valence-corrected chi connectivity index (χ3v) is 4.12. The van der Waals surface area contributed by atoms with Crippen molar-refractivity contribution in [2.75, 3.05) is 32.1 Å². The summed E-state index contributed by atoms with van der Waals surface area (Å²) < 4.78 is 5.80. The van der Waals surface area contributed by atoms with Gasteiger partial charge in [-0.05, 0) is 38.6 Å². The first-order valence-electron chi connectivity index (χ1n) is 7.17. The zero-order valence-corrected chi connectivity index (χ0v) is 12.4. The Morgan fingerprint density at radius 3 is 3.05 bits per heavy atom. The summed E-state index contributed by atoms with van der Waals surface area (Å²) in [6.07, 6.45) is 2.28. The Morgan fingerprint density at radius 2 is 2.33 bits per heavy atom. The second-order valence-electron chi connectivity index (χ2n) is 5.68. The van der Waals surface area contributed by atoms with E-state index >= 15 is 0 Å². The van der Waals surface area contributed by atoms with E-state index in [1.807, 2.05) is 7.05 Å². The summed E-state index contributed by atoms with van der Waals surface area (Å²) in [7, 11) is 4.11. The highest BCUT2D eigenvalue weighted by Crippen LogP contribution is 2.26. The fourth-order valence-electron chi connectivity index (χ4n) is 2.90. The molecular weight excluding hydrogens is 268 g/mol. The number of hydrogen-bond donors (Lipinski definition) is 1. The van der Waals surface area contributed by atoms with E-state index in [9.17, 15) is 4.79 Å². The van der Waals surface area contributed by atoms with Gasteiger partial charge in [-0.15, -0.1) is 0 Å². The third-order valence-electron chi connectivity index (χ3n) is 4.12. The molecule has 1 amide bonds. The monoisotopic (exact) mass is 288 g/mol. The van der Waals surface area contributed by atoms with E-state index in [4.69, 9.17) is 10.2 Å².